The Labute approximate surface area is 135 Å². The average molecular weight is 316 g/mol. The smallest absolute Gasteiger partial charge is 0.338 e. The molecule has 1 aliphatic rings. The Kier molecular flexibility index (Phi) is 5.91. The van der Waals surface area contributed by atoms with Gasteiger partial charge in [-0.1, -0.05) is 0 Å². The molecule has 2 rings (SSSR count). The molecule has 0 aromatic heterocycles. The minimum Gasteiger partial charge on any atom is -0.497 e. The maximum Gasteiger partial charge on any atom is 0.338 e. The van der Waals surface area contributed by atoms with Crippen LogP contribution in [0.2, 0.25) is 0 Å². The van der Waals surface area contributed by atoms with Gasteiger partial charge in [0.25, 0.3) is 0 Å². The summed E-state index contributed by atoms with van der Waals surface area (Å²) in [6.07, 6.45) is 1.33. The standard InChI is InChI=1S/C17H20N2O4/c1-4-22-11-19-16-14(17(20)23-5-2)10-18-15(16)12-6-8-13(21-3)9-7-12/h6-9,11H,4-5,10H2,1-3H3. The predicted octanol–water partition coefficient (Wildman–Crippen LogP) is 2.38. The van der Waals surface area contributed by atoms with E-state index < -0.39 is 5.97 Å². The first kappa shape index (κ1) is 16.7. The van der Waals surface area contributed by atoms with Gasteiger partial charge in [-0.2, -0.15) is 0 Å². The number of allylic oxidation sites excluding steroid dienone is 1. The van der Waals surface area contributed by atoms with Crippen LogP contribution >= 0.6 is 0 Å². The van der Waals surface area contributed by atoms with Gasteiger partial charge in [0.05, 0.1) is 38.2 Å². The molecule has 0 radical (unpaired) electrons. The number of rotatable bonds is 7. The fourth-order valence-corrected chi connectivity index (χ4v) is 2.11. The molecule has 6 nitrogen and oxygen atoms in total. The lowest BCUT2D eigenvalue weighted by atomic mass is 10.1. The molecule has 1 aromatic carbocycles. The van der Waals surface area contributed by atoms with Gasteiger partial charge < -0.3 is 14.2 Å². The van der Waals surface area contributed by atoms with Crippen molar-refractivity contribution >= 4 is 18.1 Å². The Balaban J connectivity index is 2.34. The summed E-state index contributed by atoms with van der Waals surface area (Å²) in [4.78, 5) is 20.8. The number of carbonyl (C=O) groups excluding carboxylic acids is 1. The molecule has 23 heavy (non-hydrogen) atoms. The topological polar surface area (TPSA) is 69.5 Å². The van der Waals surface area contributed by atoms with Gasteiger partial charge in [-0.05, 0) is 38.1 Å². The molecule has 1 aromatic rings. The molecule has 0 saturated heterocycles. The van der Waals surface area contributed by atoms with E-state index in [1.54, 1.807) is 14.0 Å². The minimum absolute atomic E-state index is 0.249. The number of hydrogen-bond donors (Lipinski definition) is 0. The van der Waals surface area contributed by atoms with Crippen molar-refractivity contribution in [1.82, 2.24) is 0 Å². The Morgan fingerprint density at radius 3 is 2.61 bits per heavy atom. The highest BCUT2D eigenvalue weighted by molar-refractivity contribution is 6.18. The molecule has 0 saturated carbocycles. The molecule has 0 amide bonds. The molecule has 0 atom stereocenters. The van der Waals surface area contributed by atoms with Crippen LogP contribution in [0.1, 0.15) is 19.4 Å². The molecular weight excluding hydrogens is 296 g/mol. The highest BCUT2D eigenvalue weighted by Crippen LogP contribution is 2.24. The first-order valence-corrected chi connectivity index (χ1v) is 7.44. The van der Waals surface area contributed by atoms with Crippen molar-refractivity contribution in [1.29, 1.82) is 0 Å². The van der Waals surface area contributed by atoms with Crippen LogP contribution in [0, 0.1) is 0 Å². The molecule has 0 fully saturated rings. The van der Waals surface area contributed by atoms with Crippen molar-refractivity contribution in [2.24, 2.45) is 9.98 Å². The summed E-state index contributed by atoms with van der Waals surface area (Å²) in [7, 11) is 1.61. The number of ether oxygens (including phenoxy) is 3. The Hall–Kier alpha value is -2.63. The van der Waals surface area contributed by atoms with Crippen molar-refractivity contribution in [3.05, 3.63) is 41.1 Å². The Morgan fingerprint density at radius 2 is 2.00 bits per heavy atom. The molecule has 1 aliphatic heterocycles. The van der Waals surface area contributed by atoms with E-state index in [0.29, 0.717) is 30.2 Å². The lowest BCUT2D eigenvalue weighted by Gasteiger charge is -2.06. The maximum atomic E-state index is 12.1. The second kappa shape index (κ2) is 8.12. The van der Waals surface area contributed by atoms with E-state index in [4.69, 9.17) is 14.2 Å². The molecule has 0 unspecified atom stereocenters. The molecule has 0 aliphatic carbocycles. The number of nitrogens with zero attached hydrogens (tertiary/aromatic N) is 2. The van der Waals surface area contributed by atoms with Gasteiger partial charge in [-0.3, -0.25) is 4.99 Å². The van der Waals surface area contributed by atoms with Crippen LogP contribution in [-0.4, -0.2) is 44.9 Å². The maximum absolute atomic E-state index is 12.1. The van der Waals surface area contributed by atoms with Gasteiger partial charge in [0.2, 0.25) is 0 Å². The van der Waals surface area contributed by atoms with Gasteiger partial charge in [-0.15, -0.1) is 0 Å². The van der Waals surface area contributed by atoms with E-state index in [1.165, 1.54) is 6.40 Å². The lowest BCUT2D eigenvalue weighted by Crippen LogP contribution is -2.11. The highest BCUT2D eigenvalue weighted by Gasteiger charge is 2.26. The zero-order valence-corrected chi connectivity index (χ0v) is 13.5. The fourth-order valence-electron chi connectivity index (χ4n) is 2.11. The van der Waals surface area contributed by atoms with E-state index in [-0.39, 0.29) is 6.54 Å². The van der Waals surface area contributed by atoms with Crippen molar-refractivity contribution in [2.45, 2.75) is 13.8 Å². The second-order valence-corrected chi connectivity index (χ2v) is 4.63. The number of benzene rings is 1. The molecule has 1 heterocycles. The van der Waals surface area contributed by atoms with Crippen molar-refractivity contribution in [3.63, 3.8) is 0 Å². The van der Waals surface area contributed by atoms with Crippen LogP contribution in [-0.2, 0) is 14.3 Å². The zero-order chi connectivity index (χ0) is 16.7. The predicted molar refractivity (Wildman–Crippen MR) is 88.2 cm³/mol. The van der Waals surface area contributed by atoms with Crippen molar-refractivity contribution < 1.29 is 19.0 Å². The summed E-state index contributed by atoms with van der Waals surface area (Å²) in [5, 5.41) is 0. The van der Waals surface area contributed by atoms with Crippen LogP contribution in [0.15, 0.2) is 45.5 Å². The van der Waals surface area contributed by atoms with Crippen LogP contribution in [0.3, 0.4) is 0 Å². The quantitative estimate of drug-likeness (QED) is 0.440. The lowest BCUT2D eigenvalue weighted by molar-refractivity contribution is -0.138. The highest BCUT2D eigenvalue weighted by atomic mass is 16.5. The number of carbonyl (C=O) groups is 1. The van der Waals surface area contributed by atoms with Gasteiger partial charge in [0.15, 0.2) is 6.40 Å². The molecule has 6 heteroatoms. The van der Waals surface area contributed by atoms with Crippen LogP contribution < -0.4 is 4.74 Å². The third-order valence-electron chi connectivity index (χ3n) is 3.21. The third-order valence-corrected chi connectivity index (χ3v) is 3.21. The molecular formula is C17H20N2O4. The van der Waals surface area contributed by atoms with Gasteiger partial charge >= 0.3 is 5.97 Å². The van der Waals surface area contributed by atoms with Gasteiger partial charge in [0.1, 0.15) is 11.4 Å². The zero-order valence-electron chi connectivity index (χ0n) is 13.5. The summed E-state index contributed by atoms with van der Waals surface area (Å²) < 4.78 is 15.4. The van der Waals surface area contributed by atoms with Crippen molar-refractivity contribution in [3.8, 4) is 5.75 Å². The average Bonchev–Trinajstić information content (AvgIpc) is 2.99. The second-order valence-electron chi connectivity index (χ2n) is 4.63. The van der Waals surface area contributed by atoms with Crippen LogP contribution in [0.5, 0.6) is 5.75 Å². The number of esters is 1. The van der Waals surface area contributed by atoms with Crippen LogP contribution in [0.25, 0.3) is 0 Å². The van der Waals surface area contributed by atoms with Crippen LogP contribution in [0.4, 0.5) is 0 Å². The molecule has 0 bridgehead atoms. The largest absolute Gasteiger partial charge is 0.497 e. The minimum atomic E-state index is -0.400. The normalized spacial score (nSPS) is 14.1. The van der Waals surface area contributed by atoms with Crippen molar-refractivity contribution in [2.75, 3.05) is 26.9 Å². The summed E-state index contributed by atoms with van der Waals surface area (Å²) in [5.41, 5.74) is 2.43. The number of hydrogen-bond acceptors (Lipinski definition) is 6. The third kappa shape index (κ3) is 3.97. The monoisotopic (exact) mass is 316 g/mol. The fraction of sp³-hybridized carbons (Fsp3) is 0.353. The van der Waals surface area contributed by atoms with E-state index >= 15 is 0 Å². The molecule has 0 spiro atoms. The first-order chi connectivity index (χ1) is 11.2. The summed E-state index contributed by atoms with van der Waals surface area (Å²) in [6, 6.07) is 7.43. The van der Waals surface area contributed by atoms with Gasteiger partial charge in [-0.25, -0.2) is 9.79 Å². The summed E-state index contributed by atoms with van der Waals surface area (Å²) in [5.74, 6) is 0.352. The van der Waals surface area contributed by atoms with E-state index in [2.05, 4.69) is 9.98 Å². The first-order valence-electron chi connectivity index (χ1n) is 7.44. The molecule has 122 valence electrons. The SMILES string of the molecule is CCOC=NC1=C(C(=O)OCC)CN=C1c1ccc(OC)cc1. The Morgan fingerprint density at radius 1 is 1.26 bits per heavy atom. The number of aliphatic imine (C=N–C) groups is 2. The summed E-state index contributed by atoms with van der Waals surface area (Å²) >= 11 is 0. The van der Waals surface area contributed by atoms with E-state index in [9.17, 15) is 4.79 Å². The van der Waals surface area contributed by atoms with Gasteiger partial charge in [0, 0.05) is 5.56 Å². The Bertz CT molecular complexity index is 645. The van der Waals surface area contributed by atoms with E-state index in [0.717, 1.165) is 11.3 Å². The molecule has 0 N–H and O–H groups in total. The van der Waals surface area contributed by atoms with E-state index in [1.807, 2.05) is 31.2 Å². The number of methoxy groups -OCH3 is 1. The summed E-state index contributed by atoms with van der Waals surface area (Å²) in [6.45, 7) is 4.68.